The van der Waals surface area contributed by atoms with E-state index in [1.807, 2.05) is 0 Å². The van der Waals surface area contributed by atoms with Crippen molar-refractivity contribution in [3.63, 3.8) is 0 Å². The summed E-state index contributed by atoms with van der Waals surface area (Å²) in [6.07, 6.45) is 8.32. The fourth-order valence-corrected chi connectivity index (χ4v) is 2.11. The zero-order chi connectivity index (χ0) is 9.97. The fraction of sp³-hybridized carbons (Fsp3) is 0.500. The molecule has 2 rings (SSSR count). The van der Waals surface area contributed by atoms with Gasteiger partial charge in [0.2, 0.25) is 0 Å². The summed E-state index contributed by atoms with van der Waals surface area (Å²) in [5, 5.41) is 0. The van der Waals surface area contributed by atoms with E-state index < -0.39 is 0 Å². The van der Waals surface area contributed by atoms with Gasteiger partial charge in [-0.1, -0.05) is 32.0 Å². The number of rotatable bonds is 2. The standard InChI is InChI=1S/C14H18/c1-11(2)9-12-7-8-13-5-3-4-6-14(13)10-12/h7-8,10-11H,3-5,9H2,1-2H3. The Hall–Kier alpha value is -0.780. The third kappa shape index (κ3) is 2.17. The zero-order valence-electron chi connectivity index (χ0n) is 9.14. The zero-order valence-corrected chi connectivity index (χ0v) is 9.14. The molecule has 0 bridgehead atoms. The maximum Gasteiger partial charge on any atom is 0.0167 e. The first-order valence-electron chi connectivity index (χ1n) is 5.61. The van der Waals surface area contributed by atoms with Crippen molar-refractivity contribution in [2.24, 2.45) is 5.92 Å². The van der Waals surface area contributed by atoms with Gasteiger partial charge in [0.25, 0.3) is 0 Å². The van der Waals surface area contributed by atoms with Gasteiger partial charge in [-0.25, -0.2) is 0 Å². The van der Waals surface area contributed by atoms with Crippen LogP contribution in [0.2, 0.25) is 0 Å². The van der Waals surface area contributed by atoms with E-state index >= 15 is 0 Å². The highest BCUT2D eigenvalue weighted by molar-refractivity contribution is 5.38. The summed E-state index contributed by atoms with van der Waals surface area (Å²) in [4.78, 5) is 0. The van der Waals surface area contributed by atoms with Crippen molar-refractivity contribution in [3.05, 3.63) is 41.3 Å². The Morgan fingerprint density at radius 3 is 3.00 bits per heavy atom. The molecule has 1 aliphatic rings. The molecule has 0 fully saturated rings. The van der Waals surface area contributed by atoms with Gasteiger partial charge in [-0.05, 0) is 48.3 Å². The summed E-state index contributed by atoms with van der Waals surface area (Å²) >= 11 is 0. The van der Waals surface area contributed by atoms with Crippen molar-refractivity contribution in [2.75, 3.05) is 0 Å². The van der Waals surface area contributed by atoms with Gasteiger partial charge in [-0.2, -0.15) is 0 Å². The number of aryl methyl sites for hydroxylation is 1. The maximum atomic E-state index is 3.48. The Labute approximate surface area is 87.3 Å². The van der Waals surface area contributed by atoms with Crippen LogP contribution < -0.4 is 0 Å². The molecule has 0 atom stereocenters. The minimum absolute atomic E-state index is 0.747. The van der Waals surface area contributed by atoms with Gasteiger partial charge in [-0.15, -0.1) is 0 Å². The van der Waals surface area contributed by atoms with Crippen LogP contribution in [0.15, 0.2) is 18.2 Å². The lowest BCUT2D eigenvalue weighted by atomic mass is 9.89. The number of hydrogen-bond acceptors (Lipinski definition) is 0. The second-order valence-corrected chi connectivity index (χ2v) is 4.62. The van der Waals surface area contributed by atoms with Gasteiger partial charge in [0.15, 0.2) is 0 Å². The summed E-state index contributed by atoms with van der Waals surface area (Å²) in [5.41, 5.74) is 4.33. The fourth-order valence-electron chi connectivity index (χ4n) is 2.11. The third-order valence-electron chi connectivity index (χ3n) is 2.76. The molecule has 0 nitrogen and oxygen atoms in total. The molecular weight excluding hydrogens is 168 g/mol. The van der Waals surface area contributed by atoms with E-state index in [-0.39, 0.29) is 0 Å². The van der Waals surface area contributed by atoms with Gasteiger partial charge in [0.05, 0.1) is 0 Å². The Morgan fingerprint density at radius 2 is 2.21 bits per heavy atom. The third-order valence-corrected chi connectivity index (χ3v) is 2.76. The SMILES string of the molecule is CC(C)Cc1ccc2c(c1)[C]CCC2. The molecule has 0 N–H and O–H groups in total. The molecule has 0 aliphatic heterocycles. The number of hydrogen-bond donors (Lipinski definition) is 0. The summed E-state index contributed by atoms with van der Waals surface area (Å²) in [5.74, 6) is 0.747. The Balaban J connectivity index is 2.20. The van der Waals surface area contributed by atoms with E-state index in [1.165, 1.54) is 36.0 Å². The van der Waals surface area contributed by atoms with Crippen LogP contribution in [0.4, 0.5) is 0 Å². The van der Waals surface area contributed by atoms with Gasteiger partial charge >= 0.3 is 0 Å². The molecule has 0 unspecified atom stereocenters. The topological polar surface area (TPSA) is 0 Å². The minimum atomic E-state index is 0.747. The predicted molar refractivity (Wildman–Crippen MR) is 60.3 cm³/mol. The quantitative estimate of drug-likeness (QED) is 0.661. The molecule has 0 saturated carbocycles. The van der Waals surface area contributed by atoms with Gasteiger partial charge in [-0.3, -0.25) is 0 Å². The van der Waals surface area contributed by atoms with Crippen molar-refractivity contribution in [1.29, 1.82) is 0 Å². The van der Waals surface area contributed by atoms with E-state index in [0.29, 0.717) is 0 Å². The molecule has 1 aliphatic carbocycles. The average molecular weight is 186 g/mol. The average Bonchev–Trinajstić information content (AvgIpc) is 2.17. The molecule has 1 aromatic rings. The first kappa shape index (κ1) is 9.76. The van der Waals surface area contributed by atoms with Crippen molar-refractivity contribution in [2.45, 2.75) is 39.5 Å². The lowest BCUT2D eigenvalue weighted by molar-refractivity contribution is 0.646. The van der Waals surface area contributed by atoms with E-state index in [2.05, 4.69) is 38.5 Å². The molecule has 0 heteroatoms. The molecule has 0 amide bonds. The van der Waals surface area contributed by atoms with Crippen LogP contribution in [-0.4, -0.2) is 0 Å². The first-order chi connectivity index (χ1) is 6.75. The largest absolute Gasteiger partial charge is 0.0625 e. The van der Waals surface area contributed by atoms with E-state index in [4.69, 9.17) is 0 Å². The molecule has 2 radical (unpaired) electrons. The van der Waals surface area contributed by atoms with Crippen LogP contribution in [0.5, 0.6) is 0 Å². The van der Waals surface area contributed by atoms with Gasteiger partial charge < -0.3 is 0 Å². The molecule has 0 saturated heterocycles. The normalized spacial score (nSPS) is 15.6. The summed E-state index contributed by atoms with van der Waals surface area (Å²) < 4.78 is 0. The van der Waals surface area contributed by atoms with Gasteiger partial charge in [0.1, 0.15) is 0 Å². The van der Waals surface area contributed by atoms with Crippen LogP contribution in [-0.2, 0) is 12.8 Å². The second kappa shape index (κ2) is 4.16. The summed E-state index contributed by atoms with van der Waals surface area (Å²) in [6.45, 7) is 4.54. The van der Waals surface area contributed by atoms with Crippen molar-refractivity contribution >= 4 is 0 Å². The van der Waals surface area contributed by atoms with Crippen LogP contribution in [0.1, 0.15) is 43.4 Å². The molecular formula is C14H18. The number of fused-ring (bicyclic) bond motifs is 1. The second-order valence-electron chi connectivity index (χ2n) is 4.62. The molecule has 0 spiro atoms. The van der Waals surface area contributed by atoms with E-state index in [0.717, 1.165) is 12.3 Å². The van der Waals surface area contributed by atoms with Crippen LogP contribution in [0.25, 0.3) is 0 Å². The Kier molecular flexibility index (Phi) is 2.90. The predicted octanol–water partition coefficient (Wildman–Crippen LogP) is 3.65. The highest BCUT2D eigenvalue weighted by Gasteiger charge is 2.10. The Bertz CT molecular complexity index is 310. The van der Waals surface area contributed by atoms with E-state index in [9.17, 15) is 0 Å². The summed E-state index contributed by atoms with van der Waals surface area (Å²) in [7, 11) is 0. The monoisotopic (exact) mass is 186 g/mol. The van der Waals surface area contributed by atoms with Gasteiger partial charge in [0, 0.05) is 6.42 Å². The summed E-state index contributed by atoms with van der Waals surface area (Å²) in [6, 6.07) is 6.90. The van der Waals surface area contributed by atoms with Crippen LogP contribution in [0, 0.1) is 12.3 Å². The number of benzene rings is 1. The smallest absolute Gasteiger partial charge is 0.0167 e. The van der Waals surface area contributed by atoms with Crippen molar-refractivity contribution in [1.82, 2.24) is 0 Å². The first-order valence-corrected chi connectivity index (χ1v) is 5.61. The maximum absolute atomic E-state index is 3.48. The van der Waals surface area contributed by atoms with E-state index in [1.54, 1.807) is 0 Å². The lowest BCUT2D eigenvalue weighted by Gasteiger charge is -2.16. The lowest BCUT2D eigenvalue weighted by Crippen LogP contribution is -2.02. The van der Waals surface area contributed by atoms with Crippen molar-refractivity contribution < 1.29 is 0 Å². The highest BCUT2D eigenvalue weighted by Crippen LogP contribution is 2.24. The van der Waals surface area contributed by atoms with Crippen LogP contribution >= 0.6 is 0 Å². The molecule has 0 aromatic heterocycles. The molecule has 1 aromatic carbocycles. The molecule has 0 heterocycles. The van der Waals surface area contributed by atoms with Crippen LogP contribution in [0.3, 0.4) is 0 Å². The minimum Gasteiger partial charge on any atom is -0.0625 e. The highest BCUT2D eigenvalue weighted by atomic mass is 14.1. The molecule has 14 heavy (non-hydrogen) atoms. The molecule has 74 valence electrons. The van der Waals surface area contributed by atoms with Crippen molar-refractivity contribution in [3.8, 4) is 0 Å². The Morgan fingerprint density at radius 1 is 1.36 bits per heavy atom.